The maximum atomic E-state index is 10.7. The first-order chi connectivity index (χ1) is 8.47. The maximum absolute atomic E-state index is 10.7. The number of aliphatic hydroxyl groups is 1. The number of carboxylic acid groups (broad SMARTS) is 1. The van der Waals surface area contributed by atoms with Crippen molar-refractivity contribution in [2.45, 2.75) is 13.0 Å². The Labute approximate surface area is 108 Å². The molecule has 0 aliphatic carbocycles. The first-order valence-electron chi connectivity index (χ1n) is 5.25. The molecule has 0 amide bonds. The van der Waals surface area contributed by atoms with E-state index in [0.29, 0.717) is 10.6 Å². The number of aromatic carboxylic acids is 1. The molecule has 0 saturated carbocycles. The number of carboxylic acids is 1. The molecule has 1 aromatic carbocycles. The molecular weight excluding hydrogens is 256 g/mol. The second-order valence-corrected chi connectivity index (χ2v) is 4.41. The highest BCUT2D eigenvalue weighted by Crippen LogP contribution is 2.27. The topological polar surface area (TPSA) is 70.7 Å². The summed E-state index contributed by atoms with van der Waals surface area (Å²) in [4.78, 5) is 10.7. The molecule has 0 aliphatic heterocycles. The average molecular weight is 267 g/mol. The molecule has 4 nitrogen and oxygen atoms in total. The fraction of sp³-hybridized carbons (Fsp3) is 0.154. The minimum absolute atomic E-state index is 0.175. The van der Waals surface area contributed by atoms with Crippen LogP contribution in [0.5, 0.6) is 0 Å². The summed E-state index contributed by atoms with van der Waals surface area (Å²) in [7, 11) is 0. The lowest BCUT2D eigenvalue weighted by atomic mass is 10.1. The molecule has 0 saturated heterocycles. The molecule has 0 radical (unpaired) electrons. The highest BCUT2D eigenvalue weighted by Gasteiger charge is 2.17. The van der Waals surface area contributed by atoms with Crippen LogP contribution in [0.15, 0.2) is 34.7 Å². The predicted molar refractivity (Wildman–Crippen MR) is 65.9 cm³/mol. The van der Waals surface area contributed by atoms with Gasteiger partial charge in [-0.2, -0.15) is 0 Å². The van der Waals surface area contributed by atoms with Gasteiger partial charge in [0, 0.05) is 5.02 Å². The highest BCUT2D eigenvalue weighted by molar-refractivity contribution is 6.30. The van der Waals surface area contributed by atoms with Crippen LogP contribution < -0.4 is 0 Å². The summed E-state index contributed by atoms with van der Waals surface area (Å²) in [5.41, 5.74) is 1.47. The van der Waals surface area contributed by atoms with Gasteiger partial charge in [0.2, 0.25) is 5.76 Å². The van der Waals surface area contributed by atoms with Crippen molar-refractivity contribution in [3.63, 3.8) is 0 Å². The monoisotopic (exact) mass is 266 g/mol. The number of furan rings is 1. The summed E-state index contributed by atoms with van der Waals surface area (Å²) in [6, 6.07) is 7.88. The van der Waals surface area contributed by atoms with Crippen molar-refractivity contribution in [2.24, 2.45) is 0 Å². The third-order valence-corrected chi connectivity index (χ3v) is 2.71. The molecule has 2 N–H and O–H groups in total. The third-order valence-electron chi connectivity index (χ3n) is 2.49. The van der Waals surface area contributed by atoms with Gasteiger partial charge in [-0.3, -0.25) is 0 Å². The maximum Gasteiger partial charge on any atom is 0.371 e. The Kier molecular flexibility index (Phi) is 3.41. The molecule has 0 spiro atoms. The number of aliphatic hydroxyl groups excluding tert-OH is 1. The van der Waals surface area contributed by atoms with Crippen molar-refractivity contribution < 1.29 is 19.4 Å². The SMILES string of the molecule is Cc1cc(Cl)cc(C(O)c2ccc(C(=O)O)o2)c1. The summed E-state index contributed by atoms with van der Waals surface area (Å²) in [5.74, 6) is -1.20. The average Bonchev–Trinajstić information content (AvgIpc) is 2.75. The highest BCUT2D eigenvalue weighted by atomic mass is 35.5. The van der Waals surface area contributed by atoms with Crippen LogP contribution in [0.1, 0.15) is 33.5 Å². The molecule has 1 aromatic heterocycles. The van der Waals surface area contributed by atoms with E-state index in [1.54, 1.807) is 18.2 Å². The molecule has 2 aromatic rings. The largest absolute Gasteiger partial charge is 0.475 e. The van der Waals surface area contributed by atoms with Crippen molar-refractivity contribution in [1.29, 1.82) is 0 Å². The molecule has 1 unspecified atom stereocenters. The van der Waals surface area contributed by atoms with Crippen molar-refractivity contribution in [3.05, 3.63) is 58.0 Å². The number of benzene rings is 1. The fourth-order valence-corrected chi connectivity index (χ4v) is 2.00. The molecule has 1 atom stereocenters. The molecule has 0 bridgehead atoms. The Morgan fingerprint density at radius 3 is 2.61 bits per heavy atom. The molecular formula is C13H11ClO4. The Bertz CT molecular complexity index is 568. The molecule has 2 rings (SSSR count). The predicted octanol–water partition coefficient (Wildman–Crippen LogP) is 3.02. The lowest BCUT2D eigenvalue weighted by molar-refractivity contribution is 0.0655. The van der Waals surface area contributed by atoms with Gasteiger partial charge in [0.1, 0.15) is 11.9 Å². The minimum Gasteiger partial charge on any atom is -0.475 e. The van der Waals surface area contributed by atoms with Crippen LogP contribution in [0.2, 0.25) is 5.02 Å². The lowest BCUT2D eigenvalue weighted by Crippen LogP contribution is -1.99. The van der Waals surface area contributed by atoms with Gasteiger partial charge < -0.3 is 14.6 Å². The summed E-state index contributed by atoms with van der Waals surface area (Å²) in [5, 5.41) is 19.3. The van der Waals surface area contributed by atoms with Gasteiger partial charge in [0.15, 0.2) is 0 Å². The molecule has 5 heteroatoms. The summed E-state index contributed by atoms with van der Waals surface area (Å²) >= 11 is 5.90. The Morgan fingerprint density at radius 2 is 2.06 bits per heavy atom. The van der Waals surface area contributed by atoms with Gasteiger partial charge in [-0.1, -0.05) is 17.7 Å². The van der Waals surface area contributed by atoms with Gasteiger partial charge in [-0.25, -0.2) is 4.79 Å². The molecule has 94 valence electrons. The zero-order valence-electron chi connectivity index (χ0n) is 9.55. The van der Waals surface area contributed by atoms with Crippen LogP contribution in [0.25, 0.3) is 0 Å². The summed E-state index contributed by atoms with van der Waals surface area (Å²) < 4.78 is 5.05. The van der Waals surface area contributed by atoms with Gasteiger partial charge >= 0.3 is 5.97 Å². The lowest BCUT2D eigenvalue weighted by Gasteiger charge is -2.09. The Morgan fingerprint density at radius 1 is 1.33 bits per heavy atom. The van der Waals surface area contributed by atoms with Gasteiger partial charge in [0.25, 0.3) is 0 Å². The van der Waals surface area contributed by atoms with E-state index in [-0.39, 0.29) is 11.5 Å². The second kappa shape index (κ2) is 4.84. The van der Waals surface area contributed by atoms with Gasteiger partial charge in [-0.05, 0) is 42.3 Å². The number of carbonyl (C=O) groups is 1. The van der Waals surface area contributed by atoms with Crippen molar-refractivity contribution in [3.8, 4) is 0 Å². The molecule has 1 heterocycles. The molecule has 0 aliphatic rings. The van der Waals surface area contributed by atoms with Crippen molar-refractivity contribution in [1.82, 2.24) is 0 Å². The van der Waals surface area contributed by atoms with E-state index in [1.807, 2.05) is 6.92 Å². The Balaban J connectivity index is 2.34. The first-order valence-corrected chi connectivity index (χ1v) is 5.63. The van der Waals surface area contributed by atoms with Gasteiger partial charge in [0.05, 0.1) is 0 Å². The number of hydrogen-bond donors (Lipinski definition) is 2. The van der Waals surface area contributed by atoms with Crippen molar-refractivity contribution >= 4 is 17.6 Å². The molecule has 0 fully saturated rings. The minimum atomic E-state index is -1.17. The number of halogens is 1. The van der Waals surface area contributed by atoms with Crippen LogP contribution in [0, 0.1) is 6.92 Å². The zero-order valence-corrected chi connectivity index (χ0v) is 10.3. The number of rotatable bonds is 3. The third kappa shape index (κ3) is 2.55. The van der Waals surface area contributed by atoms with E-state index in [0.717, 1.165) is 5.56 Å². The van der Waals surface area contributed by atoms with E-state index >= 15 is 0 Å². The van der Waals surface area contributed by atoms with E-state index in [2.05, 4.69) is 0 Å². The Hall–Kier alpha value is -1.78. The van der Waals surface area contributed by atoms with E-state index in [4.69, 9.17) is 21.1 Å². The normalized spacial score (nSPS) is 12.4. The number of hydrogen-bond acceptors (Lipinski definition) is 3. The standard InChI is InChI=1S/C13H11ClO4/c1-7-4-8(6-9(14)5-7)12(15)10-2-3-11(18-10)13(16)17/h2-6,12,15H,1H3,(H,16,17). The zero-order chi connectivity index (χ0) is 13.3. The second-order valence-electron chi connectivity index (χ2n) is 3.97. The number of aryl methyl sites for hydroxylation is 1. The summed E-state index contributed by atoms with van der Waals surface area (Å²) in [6.45, 7) is 1.85. The van der Waals surface area contributed by atoms with E-state index < -0.39 is 12.1 Å². The first kappa shape index (κ1) is 12.7. The van der Waals surface area contributed by atoms with Crippen LogP contribution in [-0.4, -0.2) is 16.2 Å². The van der Waals surface area contributed by atoms with E-state index in [1.165, 1.54) is 12.1 Å². The molecule has 18 heavy (non-hydrogen) atoms. The van der Waals surface area contributed by atoms with Crippen LogP contribution in [-0.2, 0) is 0 Å². The fourth-order valence-electron chi connectivity index (χ4n) is 1.70. The summed E-state index contributed by atoms with van der Waals surface area (Å²) in [6.07, 6.45) is -1.03. The van der Waals surface area contributed by atoms with Crippen LogP contribution >= 0.6 is 11.6 Å². The van der Waals surface area contributed by atoms with Gasteiger partial charge in [-0.15, -0.1) is 0 Å². The quantitative estimate of drug-likeness (QED) is 0.896. The van der Waals surface area contributed by atoms with Crippen LogP contribution in [0.4, 0.5) is 0 Å². The smallest absolute Gasteiger partial charge is 0.371 e. The van der Waals surface area contributed by atoms with Crippen molar-refractivity contribution in [2.75, 3.05) is 0 Å². The van der Waals surface area contributed by atoms with E-state index in [9.17, 15) is 9.90 Å². The van der Waals surface area contributed by atoms with Crippen LogP contribution in [0.3, 0.4) is 0 Å².